The van der Waals surface area contributed by atoms with E-state index >= 15 is 0 Å². The second kappa shape index (κ2) is 10.2. The molecule has 39 heavy (non-hydrogen) atoms. The van der Waals surface area contributed by atoms with Crippen LogP contribution >= 0.6 is 0 Å². The normalized spacial score (nSPS) is 37.3. The van der Waals surface area contributed by atoms with Gasteiger partial charge >= 0.3 is 0 Å². The smallest absolute Gasteiger partial charge is 0.253 e. The van der Waals surface area contributed by atoms with Crippen LogP contribution in [-0.2, 0) is 30.6 Å². The third-order valence-corrected chi connectivity index (χ3v) is 9.46. The van der Waals surface area contributed by atoms with Crippen LogP contribution in [-0.4, -0.2) is 62.9 Å². The molecule has 2 bridgehead atoms. The van der Waals surface area contributed by atoms with Gasteiger partial charge in [-0.2, -0.15) is 0 Å². The number of aromatic nitrogens is 3. The first-order chi connectivity index (χ1) is 18.8. The number of benzene rings is 1. The van der Waals surface area contributed by atoms with Crippen molar-refractivity contribution in [2.45, 2.75) is 90.9 Å². The van der Waals surface area contributed by atoms with Gasteiger partial charge < -0.3 is 19.1 Å². The van der Waals surface area contributed by atoms with Crippen LogP contribution in [0.4, 0.5) is 0 Å². The minimum Gasteiger partial charge on any atom is -0.346 e. The zero-order chi connectivity index (χ0) is 27.4. The van der Waals surface area contributed by atoms with Crippen molar-refractivity contribution in [3.8, 4) is 5.69 Å². The third kappa shape index (κ3) is 4.50. The molecular weight excluding hydrogens is 500 g/mol. The van der Waals surface area contributed by atoms with E-state index in [1.807, 2.05) is 51.2 Å². The van der Waals surface area contributed by atoms with Crippen molar-refractivity contribution < 1.29 is 28.8 Å². The SMILES string of the molecule is CCN(CC)C(=O)c1ccc(-n2cc(CO[C@H]3O[C@@H]4O[C@@]5(C)CC[C@H]6[C@H](C)CC[C@@H]([C@H]3C)[C@@]46OO5)nn2)cc1. The van der Waals surface area contributed by atoms with Crippen LogP contribution < -0.4 is 0 Å². The second-order valence-corrected chi connectivity index (χ2v) is 11.8. The molecule has 10 heteroatoms. The van der Waals surface area contributed by atoms with Crippen molar-refractivity contribution in [2.75, 3.05) is 13.1 Å². The Morgan fingerprint density at radius 2 is 1.87 bits per heavy atom. The highest BCUT2D eigenvalue weighted by molar-refractivity contribution is 5.94. The maximum atomic E-state index is 12.6. The van der Waals surface area contributed by atoms with Gasteiger partial charge in [0.1, 0.15) is 5.69 Å². The van der Waals surface area contributed by atoms with Crippen molar-refractivity contribution in [1.82, 2.24) is 19.9 Å². The van der Waals surface area contributed by atoms with E-state index in [9.17, 15) is 4.79 Å². The Balaban J connectivity index is 1.14. The summed E-state index contributed by atoms with van der Waals surface area (Å²) < 4.78 is 20.9. The Bertz CT molecular complexity index is 1180. The molecule has 4 aliphatic heterocycles. The number of hydrogen-bond donors (Lipinski definition) is 0. The fourth-order valence-electron chi connectivity index (χ4n) is 7.17. The summed E-state index contributed by atoms with van der Waals surface area (Å²) in [4.78, 5) is 26.5. The molecule has 10 nitrogen and oxygen atoms in total. The van der Waals surface area contributed by atoms with E-state index in [1.165, 1.54) is 0 Å². The van der Waals surface area contributed by atoms with Crippen LogP contribution in [0.2, 0.25) is 0 Å². The number of fused-ring (bicyclic) bond motifs is 2. The predicted octanol–water partition coefficient (Wildman–Crippen LogP) is 4.47. The van der Waals surface area contributed by atoms with Crippen LogP contribution in [0.25, 0.3) is 5.69 Å². The van der Waals surface area contributed by atoms with Gasteiger partial charge in [-0.1, -0.05) is 19.1 Å². The second-order valence-electron chi connectivity index (χ2n) is 11.8. The summed E-state index contributed by atoms with van der Waals surface area (Å²) in [5.74, 6) is 0.358. The van der Waals surface area contributed by atoms with Gasteiger partial charge in [-0.25, -0.2) is 14.5 Å². The highest BCUT2D eigenvalue weighted by Gasteiger charge is 2.69. The van der Waals surface area contributed by atoms with Crippen molar-refractivity contribution in [2.24, 2.45) is 23.7 Å². The standard InChI is InChI=1S/C29H40N4O6/c1-6-32(7-2)25(34)20-9-11-22(12-10-20)33-16-21(30-31-33)17-35-26-19(4)24-13-8-18(3)23-14-15-28(5)37-27(36-26)29(23,24)39-38-28/h9-12,16,18-19,23-24,26-27H,6-8,13-15,17H2,1-5H3/t18-,19-,23+,24+,26+,27-,28-,29-/m1/s1. The largest absolute Gasteiger partial charge is 0.346 e. The van der Waals surface area contributed by atoms with Gasteiger partial charge in [0.2, 0.25) is 5.79 Å². The van der Waals surface area contributed by atoms with Crippen LogP contribution in [0.3, 0.4) is 0 Å². The molecule has 212 valence electrons. The van der Waals surface area contributed by atoms with E-state index in [4.69, 9.17) is 24.0 Å². The van der Waals surface area contributed by atoms with E-state index in [-0.39, 0.29) is 24.3 Å². The molecule has 1 amide bonds. The molecule has 5 fully saturated rings. The molecule has 0 unspecified atom stereocenters. The monoisotopic (exact) mass is 540 g/mol. The zero-order valence-corrected chi connectivity index (χ0v) is 23.5. The van der Waals surface area contributed by atoms with Crippen LogP contribution in [0.15, 0.2) is 30.5 Å². The average Bonchev–Trinajstić information content (AvgIpc) is 3.30. The first-order valence-corrected chi connectivity index (χ1v) is 14.4. The van der Waals surface area contributed by atoms with Crippen molar-refractivity contribution >= 4 is 5.91 Å². The number of nitrogens with zero attached hydrogens (tertiary/aromatic N) is 4. The van der Waals surface area contributed by atoms with Gasteiger partial charge in [0.25, 0.3) is 5.91 Å². The Kier molecular flexibility index (Phi) is 7.04. The first kappa shape index (κ1) is 26.8. The molecule has 2 aromatic rings. The Labute approximate surface area is 229 Å². The maximum Gasteiger partial charge on any atom is 0.253 e. The summed E-state index contributed by atoms with van der Waals surface area (Å²) in [7, 11) is 0. The molecule has 1 aliphatic carbocycles. The Morgan fingerprint density at radius 1 is 1.10 bits per heavy atom. The van der Waals surface area contributed by atoms with Gasteiger partial charge in [-0.3, -0.25) is 4.79 Å². The lowest BCUT2D eigenvalue weighted by atomic mass is 9.58. The summed E-state index contributed by atoms with van der Waals surface area (Å²) >= 11 is 0. The van der Waals surface area contributed by atoms with Gasteiger partial charge in [0, 0.05) is 36.9 Å². The molecule has 1 aromatic heterocycles. The highest BCUT2D eigenvalue weighted by atomic mass is 17.3. The minimum atomic E-state index is -0.809. The topological polar surface area (TPSA) is 97.2 Å². The number of carbonyl (C=O) groups is 1. The number of hydrogen-bond acceptors (Lipinski definition) is 8. The van der Waals surface area contributed by atoms with E-state index in [0.29, 0.717) is 36.2 Å². The molecule has 7 rings (SSSR count). The molecule has 1 spiro atoms. The van der Waals surface area contributed by atoms with Crippen molar-refractivity contribution in [3.63, 3.8) is 0 Å². The summed E-state index contributed by atoms with van der Waals surface area (Å²) in [6.45, 7) is 12.0. The van der Waals surface area contributed by atoms with Crippen LogP contribution in [0.5, 0.6) is 0 Å². The number of rotatable bonds is 7. The molecule has 1 saturated carbocycles. The van der Waals surface area contributed by atoms with E-state index < -0.39 is 24.0 Å². The lowest BCUT2D eigenvalue weighted by Gasteiger charge is -2.60. The van der Waals surface area contributed by atoms with Crippen molar-refractivity contribution in [1.29, 1.82) is 0 Å². The number of amides is 1. The first-order valence-electron chi connectivity index (χ1n) is 14.4. The number of carbonyl (C=O) groups excluding carboxylic acids is 1. The van der Waals surface area contributed by atoms with E-state index in [2.05, 4.69) is 24.2 Å². The molecule has 1 aromatic carbocycles. The Hall–Kier alpha value is -2.37. The fraction of sp³-hybridized carbons (Fsp3) is 0.690. The van der Waals surface area contributed by atoms with Gasteiger partial charge in [0.05, 0.1) is 18.5 Å². The quantitative estimate of drug-likeness (QED) is 0.475. The molecule has 5 aliphatic rings. The summed E-state index contributed by atoms with van der Waals surface area (Å²) in [5.41, 5.74) is 1.57. The predicted molar refractivity (Wildman–Crippen MR) is 140 cm³/mol. The van der Waals surface area contributed by atoms with Crippen LogP contribution in [0.1, 0.15) is 76.4 Å². The van der Waals surface area contributed by atoms with Crippen LogP contribution in [0, 0.1) is 23.7 Å². The summed E-state index contributed by atoms with van der Waals surface area (Å²) in [6, 6.07) is 7.41. The van der Waals surface area contributed by atoms with Gasteiger partial charge in [-0.15, -0.1) is 5.10 Å². The lowest BCUT2D eigenvalue weighted by Crippen LogP contribution is -2.70. The Morgan fingerprint density at radius 3 is 2.62 bits per heavy atom. The van der Waals surface area contributed by atoms with Gasteiger partial charge in [0.15, 0.2) is 18.2 Å². The highest BCUT2D eigenvalue weighted by Crippen LogP contribution is 2.60. The molecule has 8 atom stereocenters. The van der Waals surface area contributed by atoms with E-state index in [0.717, 1.165) is 31.4 Å². The molecule has 4 saturated heterocycles. The minimum absolute atomic E-state index is 0.0261. The molecular formula is C29H40N4O6. The lowest BCUT2D eigenvalue weighted by molar-refractivity contribution is -0.577. The fourth-order valence-corrected chi connectivity index (χ4v) is 7.17. The van der Waals surface area contributed by atoms with E-state index in [1.54, 1.807) is 9.58 Å². The molecule has 0 N–H and O–H groups in total. The third-order valence-electron chi connectivity index (χ3n) is 9.46. The zero-order valence-electron chi connectivity index (χ0n) is 23.5. The van der Waals surface area contributed by atoms with Gasteiger partial charge in [-0.05, 0) is 76.1 Å². The summed E-state index contributed by atoms with van der Waals surface area (Å²) in [5, 5.41) is 8.59. The molecule has 5 heterocycles. The average molecular weight is 541 g/mol. The van der Waals surface area contributed by atoms with Crippen molar-refractivity contribution in [3.05, 3.63) is 41.7 Å². The maximum absolute atomic E-state index is 12.6. The number of ether oxygens (including phenoxy) is 3. The summed E-state index contributed by atoms with van der Waals surface area (Å²) in [6.07, 6.45) is 4.80. The molecule has 0 radical (unpaired) electrons.